The summed E-state index contributed by atoms with van der Waals surface area (Å²) in [6.07, 6.45) is 0. The molecule has 0 radical (unpaired) electrons. The van der Waals surface area contributed by atoms with E-state index in [2.05, 4.69) is 5.32 Å². The molecule has 2 aromatic rings. The highest BCUT2D eigenvalue weighted by Crippen LogP contribution is 2.28. The van der Waals surface area contributed by atoms with E-state index < -0.39 is 23.8 Å². The van der Waals surface area contributed by atoms with E-state index in [0.29, 0.717) is 17.1 Å². The second-order valence-corrected chi connectivity index (χ2v) is 6.08. The summed E-state index contributed by atoms with van der Waals surface area (Å²) in [4.78, 5) is 24.2. The van der Waals surface area contributed by atoms with Crippen molar-refractivity contribution in [1.82, 2.24) is 5.32 Å². The van der Waals surface area contributed by atoms with E-state index in [1.165, 1.54) is 20.3 Å². The lowest BCUT2D eigenvalue weighted by atomic mass is 9.98. The van der Waals surface area contributed by atoms with E-state index in [-0.39, 0.29) is 5.02 Å². The van der Waals surface area contributed by atoms with Gasteiger partial charge in [-0.2, -0.15) is 0 Å². The monoisotopic (exact) mass is 377 g/mol. The Morgan fingerprint density at radius 1 is 1.08 bits per heavy atom. The first-order valence-corrected chi connectivity index (χ1v) is 8.25. The Labute approximate surface area is 156 Å². The van der Waals surface area contributed by atoms with Gasteiger partial charge in [-0.1, -0.05) is 29.8 Å². The number of nitrogens with one attached hydrogen (secondary N) is 1. The van der Waals surface area contributed by atoms with Gasteiger partial charge in [0, 0.05) is 0 Å². The van der Waals surface area contributed by atoms with Crippen molar-refractivity contribution < 1.29 is 24.2 Å². The van der Waals surface area contributed by atoms with Gasteiger partial charge in [0.2, 0.25) is 5.91 Å². The summed E-state index contributed by atoms with van der Waals surface area (Å²) in [6.45, 7) is 1.70. The van der Waals surface area contributed by atoms with Gasteiger partial charge in [0.05, 0.1) is 25.2 Å². The van der Waals surface area contributed by atoms with E-state index in [1.807, 2.05) is 0 Å². The molecule has 7 heteroatoms. The summed E-state index contributed by atoms with van der Waals surface area (Å²) in [5, 5.41) is 12.3. The lowest BCUT2D eigenvalue weighted by molar-refractivity contribution is -0.142. The molecule has 0 heterocycles. The van der Waals surface area contributed by atoms with Crippen LogP contribution in [0.1, 0.15) is 30.0 Å². The molecule has 1 amide bonds. The number of rotatable bonds is 7. The predicted molar refractivity (Wildman–Crippen MR) is 97.9 cm³/mol. The molecule has 2 atom stereocenters. The number of carbonyl (C=O) groups is 2. The molecule has 2 aromatic carbocycles. The molecular formula is C19H20ClNO5. The van der Waals surface area contributed by atoms with Crippen LogP contribution < -0.4 is 14.8 Å². The Balaban J connectivity index is 2.22. The second kappa shape index (κ2) is 8.58. The van der Waals surface area contributed by atoms with Crippen LogP contribution in [0.3, 0.4) is 0 Å². The van der Waals surface area contributed by atoms with Crippen molar-refractivity contribution in [2.45, 2.75) is 18.9 Å². The van der Waals surface area contributed by atoms with Crippen LogP contribution in [-0.2, 0) is 9.59 Å². The average molecular weight is 378 g/mol. The molecule has 138 valence electrons. The quantitative estimate of drug-likeness (QED) is 0.772. The molecule has 0 aliphatic heterocycles. The fourth-order valence-electron chi connectivity index (χ4n) is 2.48. The summed E-state index contributed by atoms with van der Waals surface area (Å²) in [7, 11) is 3.00. The van der Waals surface area contributed by atoms with Crippen LogP contribution in [0.2, 0.25) is 5.02 Å². The first kappa shape index (κ1) is 19.6. The Morgan fingerprint density at radius 3 is 2.38 bits per heavy atom. The third kappa shape index (κ3) is 4.46. The molecule has 0 saturated carbocycles. The van der Waals surface area contributed by atoms with Crippen molar-refractivity contribution in [2.75, 3.05) is 14.2 Å². The maximum Gasteiger partial charge on any atom is 0.330 e. The minimum Gasteiger partial charge on any atom is -0.497 e. The molecule has 2 N–H and O–H groups in total. The van der Waals surface area contributed by atoms with Crippen LogP contribution in [-0.4, -0.2) is 31.2 Å². The Morgan fingerprint density at radius 2 is 1.81 bits per heavy atom. The van der Waals surface area contributed by atoms with Gasteiger partial charge in [0.1, 0.15) is 11.5 Å². The van der Waals surface area contributed by atoms with Crippen LogP contribution in [0.4, 0.5) is 0 Å². The van der Waals surface area contributed by atoms with Crippen LogP contribution in [0.15, 0.2) is 42.5 Å². The van der Waals surface area contributed by atoms with Crippen LogP contribution in [0.25, 0.3) is 0 Å². The zero-order valence-corrected chi connectivity index (χ0v) is 15.4. The highest BCUT2D eigenvalue weighted by atomic mass is 35.5. The highest BCUT2D eigenvalue weighted by Gasteiger charge is 2.26. The molecule has 2 unspecified atom stereocenters. The number of carboxylic acid groups (broad SMARTS) is 1. The fraction of sp³-hybridized carbons (Fsp3) is 0.263. The number of carbonyl (C=O) groups excluding carboxylic acids is 1. The van der Waals surface area contributed by atoms with Gasteiger partial charge in [-0.25, -0.2) is 4.79 Å². The molecule has 0 saturated heterocycles. The summed E-state index contributed by atoms with van der Waals surface area (Å²) in [5.41, 5.74) is 1.08. The third-order valence-corrected chi connectivity index (χ3v) is 4.33. The number of methoxy groups -OCH3 is 2. The molecule has 6 nitrogen and oxygen atoms in total. The molecule has 2 rings (SSSR count). The number of amides is 1. The van der Waals surface area contributed by atoms with Crippen LogP contribution in [0.5, 0.6) is 11.5 Å². The number of hydrogen-bond acceptors (Lipinski definition) is 4. The number of ether oxygens (including phenoxy) is 2. The Hall–Kier alpha value is -2.73. The van der Waals surface area contributed by atoms with Gasteiger partial charge in [0.25, 0.3) is 0 Å². The van der Waals surface area contributed by atoms with Gasteiger partial charge in [-0.05, 0) is 42.3 Å². The van der Waals surface area contributed by atoms with Gasteiger partial charge >= 0.3 is 5.97 Å². The second-order valence-electron chi connectivity index (χ2n) is 5.67. The average Bonchev–Trinajstić information content (AvgIpc) is 2.64. The number of hydrogen-bond donors (Lipinski definition) is 2. The zero-order valence-electron chi connectivity index (χ0n) is 14.7. The molecule has 0 spiro atoms. The summed E-state index contributed by atoms with van der Waals surface area (Å²) >= 11 is 6.06. The standard InChI is InChI=1S/C19H20ClNO5/c1-11(12-5-4-6-14(9-12)25-2)18(22)21-17(19(23)24)13-7-8-16(26-3)15(20)10-13/h4-11,17H,1-3H3,(H,21,22)(H,23,24). The zero-order chi connectivity index (χ0) is 19.3. The fourth-order valence-corrected chi connectivity index (χ4v) is 2.75. The number of benzene rings is 2. The first-order chi connectivity index (χ1) is 12.4. The third-order valence-electron chi connectivity index (χ3n) is 4.03. The van der Waals surface area contributed by atoms with Crippen molar-refractivity contribution in [1.29, 1.82) is 0 Å². The maximum atomic E-state index is 12.6. The SMILES string of the molecule is COc1cccc(C(C)C(=O)NC(C(=O)O)c2ccc(OC)c(Cl)c2)c1. The van der Waals surface area contributed by atoms with Gasteiger partial charge in [-0.3, -0.25) is 4.79 Å². The smallest absolute Gasteiger partial charge is 0.330 e. The lowest BCUT2D eigenvalue weighted by Crippen LogP contribution is -2.36. The van der Waals surface area contributed by atoms with E-state index in [0.717, 1.165) is 5.56 Å². The normalized spacial score (nSPS) is 12.8. The molecule has 0 aliphatic rings. The van der Waals surface area contributed by atoms with Crippen molar-refractivity contribution in [3.63, 3.8) is 0 Å². The minimum atomic E-state index is -1.22. The van der Waals surface area contributed by atoms with E-state index in [1.54, 1.807) is 43.3 Å². The molecule has 26 heavy (non-hydrogen) atoms. The molecule has 0 bridgehead atoms. The Kier molecular flexibility index (Phi) is 6.46. The minimum absolute atomic E-state index is 0.270. The largest absolute Gasteiger partial charge is 0.497 e. The summed E-state index contributed by atoms with van der Waals surface area (Å²) in [6, 6.07) is 10.4. The van der Waals surface area contributed by atoms with Gasteiger partial charge in [0.15, 0.2) is 6.04 Å². The Bertz CT molecular complexity index is 808. The van der Waals surface area contributed by atoms with E-state index >= 15 is 0 Å². The number of halogens is 1. The number of aliphatic carboxylic acids is 1. The van der Waals surface area contributed by atoms with E-state index in [4.69, 9.17) is 21.1 Å². The first-order valence-electron chi connectivity index (χ1n) is 7.88. The molecular weight excluding hydrogens is 358 g/mol. The van der Waals surface area contributed by atoms with Crippen LogP contribution >= 0.6 is 11.6 Å². The van der Waals surface area contributed by atoms with Crippen molar-refractivity contribution in [2.24, 2.45) is 0 Å². The van der Waals surface area contributed by atoms with Crippen molar-refractivity contribution in [3.05, 3.63) is 58.6 Å². The molecule has 0 fully saturated rings. The summed E-state index contributed by atoms with van der Waals surface area (Å²) < 4.78 is 10.2. The summed E-state index contributed by atoms with van der Waals surface area (Å²) in [5.74, 6) is -1.11. The predicted octanol–water partition coefficient (Wildman–Crippen LogP) is 3.40. The molecule has 0 aliphatic carbocycles. The van der Waals surface area contributed by atoms with Crippen molar-refractivity contribution in [3.8, 4) is 11.5 Å². The number of carboxylic acids is 1. The lowest BCUT2D eigenvalue weighted by Gasteiger charge is -2.19. The van der Waals surface area contributed by atoms with E-state index in [9.17, 15) is 14.7 Å². The van der Waals surface area contributed by atoms with Crippen molar-refractivity contribution >= 4 is 23.5 Å². The highest BCUT2D eigenvalue weighted by molar-refractivity contribution is 6.32. The van der Waals surface area contributed by atoms with Gasteiger partial charge in [-0.15, -0.1) is 0 Å². The topological polar surface area (TPSA) is 84.9 Å². The van der Waals surface area contributed by atoms with Crippen LogP contribution in [0, 0.1) is 0 Å². The van der Waals surface area contributed by atoms with Gasteiger partial charge < -0.3 is 19.9 Å². The molecule has 0 aromatic heterocycles. The maximum absolute atomic E-state index is 12.6.